The molecule has 0 saturated heterocycles. The normalized spacial score (nSPS) is 14.5. The molecule has 0 heterocycles. The Morgan fingerprint density at radius 2 is 2.06 bits per heavy atom. The van der Waals surface area contributed by atoms with Crippen molar-refractivity contribution in [2.75, 3.05) is 19.8 Å². The number of nitrogens with one attached hydrogen (secondary N) is 1. The molecule has 0 bridgehead atoms. The van der Waals surface area contributed by atoms with E-state index in [1.807, 2.05) is 13.8 Å². The Bertz CT molecular complexity index is 186. The zero-order valence-electron chi connectivity index (χ0n) is 10.8. The highest BCUT2D eigenvalue weighted by atomic mass is 16.5. The van der Waals surface area contributed by atoms with Gasteiger partial charge >= 0.3 is 0 Å². The number of rotatable bonds is 9. The van der Waals surface area contributed by atoms with E-state index in [4.69, 9.17) is 10.5 Å². The van der Waals surface area contributed by atoms with Crippen LogP contribution in [0.3, 0.4) is 0 Å². The molecule has 0 aromatic carbocycles. The average Bonchev–Trinajstić information content (AvgIpc) is 2.31. The van der Waals surface area contributed by atoms with E-state index in [2.05, 4.69) is 12.2 Å². The second-order valence-electron chi connectivity index (χ2n) is 4.17. The van der Waals surface area contributed by atoms with Crippen LogP contribution < -0.4 is 11.1 Å². The van der Waals surface area contributed by atoms with Gasteiger partial charge in [-0.05, 0) is 18.8 Å². The van der Waals surface area contributed by atoms with Crippen LogP contribution in [0.25, 0.3) is 0 Å². The Balaban J connectivity index is 3.50. The molecule has 0 spiro atoms. The molecule has 16 heavy (non-hydrogen) atoms. The number of amides is 1. The predicted octanol–water partition coefficient (Wildman–Crippen LogP) is 1.29. The van der Waals surface area contributed by atoms with Crippen molar-refractivity contribution in [3.63, 3.8) is 0 Å². The van der Waals surface area contributed by atoms with Crippen LogP contribution in [0.15, 0.2) is 0 Å². The van der Waals surface area contributed by atoms with Crippen LogP contribution in [-0.4, -0.2) is 31.7 Å². The van der Waals surface area contributed by atoms with E-state index in [0.717, 1.165) is 25.9 Å². The zero-order chi connectivity index (χ0) is 12.4. The predicted molar refractivity (Wildman–Crippen MR) is 66.2 cm³/mol. The Kier molecular flexibility index (Phi) is 9.24. The topological polar surface area (TPSA) is 64.3 Å². The smallest absolute Gasteiger partial charge is 0.237 e. The Hall–Kier alpha value is -0.610. The molecule has 0 saturated carbocycles. The summed E-state index contributed by atoms with van der Waals surface area (Å²) in [5, 5.41) is 2.83. The minimum Gasteiger partial charge on any atom is -0.381 e. The molecule has 4 heteroatoms. The van der Waals surface area contributed by atoms with Gasteiger partial charge in [-0.25, -0.2) is 0 Å². The first-order valence-corrected chi connectivity index (χ1v) is 6.24. The average molecular weight is 230 g/mol. The first-order valence-electron chi connectivity index (χ1n) is 6.24. The molecule has 0 aliphatic heterocycles. The van der Waals surface area contributed by atoms with E-state index in [-0.39, 0.29) is 17.9 Å². The molecule has 2 atom stereocenters. The molecular formula is C12H26N2O2. The molecule has 0 aromatic heterocycles. The second-order valence-corrected chi connectivity index (χ2v) is 4.17. The van der Waals surface area contributed by atoms with Crippen molar-refractivity contribution in [3.8, 4) is 0 Å². The van der Waals surface area contributed by atoms with Gasteiger partial charge in [-0.1, -0.05) is 27.2 Å². The molecule has 0 aromatic rings. The maximum absolute atomic E-state index is 11.6. The van der Waals surface area contributed by atoms with Gasteiger partial charge in [-0.2, -0.15) is 0 Å². The SMILES string of the molecule is CCCOCCCNC(=O)C(N)C(C)CC. The third kappa shape index (κ3) is 6.80. The third-order valence-corrected chi connectivity index (χ3v) is 2.67. The summed E-state index contributed by atoms with van der Waals surface area (Å²) in [6.07, 6.45) is 2.80. The zero-order valence-corrected chi connectivity index (χ0v) is 10.8. The van der Waals surface area contributed by atoms with Crippen LogP contribution in [-0.2, 0) is 9.53 Å². The van der Waals surface area contributed by atoms with Gasteiger partial charge in [0.15, 0.2) is 0 Å². The van der Waals surface area contributed by atoms with Crippen LogP contribution in [0.5, 0.6) is 0 Å². The first kappa shape index (κ1) is 15.4. The van der Waals surface area contributed by atoms with Gasteiger partial charge in [0.05, 0.1) is 6.04 Å². The van der Waals surface area contributed by atoms with Crippen molar-refractivity contribution < 1.29 is 9.53 Å². The van der Waals surface area contributed by atoms with E-state index in [1.54, 1.807) is 0 Å². The summed E-state index contributed by atoms with van der Waals surface area (Å²) in [5.74, 6) is 0.182. The third-order valence-electron chi connectivity index (χ3n) is 2.67. The van der Waals surface area contributed by atoms with E-state index in [9.17, 15) is 4.79 Å². The van der Waals surface area contributed by atoms with Crippen molar-refractivity contribution in [2.45, 2.75) is 46.1 Å². The lowest BCUT2D eigenvalue weighted by Crippen LogP contribution is -2.44. The lowest BCUT2D eigenvalue weighted by Gasteiger charge is -2.17. The van der Waals surface area contributed by atoms with Gasteiger partial charge in [0.1, 0.15) is 0 Å². The number of carbonyl (C=O) groups excluding carboxylic acids is 1. The van der Waals surface area contributed by atoms with Crippen molar-refractivity contribution in [1.82, 2.24) is 5.32 Å². The molecule has 96 valence electrons. The highest BCUT2D eigenvalue weighted by molar-refractivity contribution is 5.81. The summed E-state index contributed by atoms with van der Waals surface area (Å²) in [6.45, 7) is 8.25. The minimum absolute atomic E-state index is 0.0511. The van der Waals surface area contributed by atoms with Gasteiger partial charge in [0.25, 0.3) is 0 Å². The van der Waals surface area contributed by atoms with Crippen LogP contribution in [0.2, 0.25) is 0 Å². The van der Waals surface area contributed by atoms with Gasteiger partial charge < -0.3 is 15.8 Å². The molecule has 0 aliphatic carbocycles. The summed E-state index contributed by atoms with van der Waals surface area (Å²) in [7, 11) is 0. The molecule has 3 N–H and O–H groups in total. The van der Waals surface area contributed by atoms with E-state index < -0.39 is 0 Å². The maximum Gasteiger partial charge on any atom is 0.237 e. The van der Waals surface area contributed by atoms with Crippen molar-refractivity contribution >= 4 is 5.91 Å². The summed E-state index contributed by atoms with van der Waals surface area (Å²) in [4.78, 5) is 11.6. The lowest BCUT2D eigenvalue weighted by molar-refractivity contribution is -0.123. The summed E-state index contributed by atoms with van der Waals surface area (Å²) in [6, 6.07) is -0.387. The van der Waals surface area contributed by atoms with E-state index in [1.165, 1.54) is 0 Å². The van der Waals surface area contributed by atoms with Gasteiger partial charge in [-0.15, -0.1) is 0 Å². The number of nitrogens with two attached hydrogens (primary N) is 1. The standard InChI is InChI=1S/C12H26N2O2/c1-4-8-16-9-6-7-14-12(15)11(13)10(3)5-2/h10-11H,4-9,13H2,1-3H3,(H,14,15). The molecule has 2 unspecified atom stereocenters. The maximum atomic E-state index is 11.6. The van der Waals surface area contributed by atoms with Crippen LogP contribution in [0, 0.1) is 5.92 Å². The number of ether oxygens (including phenoxy) is 1. The van der Waals surface area contributed by atoms with Crippen LogP contribution in [0.1, 0.15) is 40.0 Å². The van der Waals surface area contributed by atoms with E-state index >= 15 is 0 Å². The fraction of sp³-hybridized carbons (Fsp3) is 0.917. The highest BCUT2D eigenvalue weighted by Gasteiger charge is 2.18. The number of hydrogen-bond acceptors (Lipinski definition) is 3. The van der Waals surface area contributed by atoms with E-state index in [0.29, 0.717) is 13.2 Å². The summed E-state index contributed by atoms with van der Waals surface area (Å²) < 4.78 is 5.31. The summed E-state index contributed by atoms with van der Waals surface area (Å²) >= 11 is 0. The number of hydrogen-bond donors (Lipinski definition) is 2. The monoisotopic (exact) mass is 230 g/mol. The fourth-order valence-electron chi connectivity index (χ4n) is 1.26. The molecule has 0 aliphatic rings. The fourth-order valence-corrected chi connectivity index (χ4v) is 1.26. The van der Waals surface area contributed by atoms with Gasteiger partial charge in [0, 0.05) is 19.8 Å². The van der Waals surface area contributed by atoms with Crippen LogP contribution in [0.4, 0.5) is 0 Å². The largest absolute Gasteiger partial charge is 0.381 e. The first-order chi connectivity index (χ1) is 7.63. The van der Waals surface area contributed by atoms with Crippen molar-refractivity contribution in [3.05, 3.63) is 0 Å². The summed E-state index contributed by atoms with van der Waals surface area (Å²) in [5.41, 5.74) is 5.79. The van der Waals surface area contributed by atoms with Crippen molar-refractivity contribution in [2.24, 2.45) is 11.7 Å². The highest BCUT2D eigenvalue weighted by Crippen LogP contribution is 2.04. The second kappa shape index (κ2) is 9.60. The molecular weight excluding hydrogens is 204 g/mol. The van der Waals surface area contributed by atoms with Gasteiger partial charge in [-0.3, -0.25) is 4.79 Å². The minimum atomic E-state index is -0.387. The molecule has 0 radical (unpaired) electrons. The Labute approximate surface area is 98.9 Å². The van der Waals surface area contributed by atoms with Crippen LogP contribution >= 0.6 is 0 Å². The lowest BCUT2D eigenvalue weighted by atomic mass is 9.99. The quantitative estimate of drug-likeness (QED) is 0.587. The Morgan fingerprint density at radius 1 is 1.38 bits per heavy atom. The molecule has 1 amide bonds. The van der Waals surface area contributed by atoms with Gasteiger partial charge in [0.2, 0.25) is 5.91 Å². The number of carbonyl (C=O) groups is 1. The molecule has 4 nitrogen and oxygen atoms in total. The molecule has 0 rings (SSSR count). The molecule has 0 fully saturated rings. The van der Waals surface area contributed by atoms with Crippen molar-refractivity contribution in [1.29, 1.82) is 0 Å². The Morgan fingerprint density at radius 3 is 2.62 bits per heavy atom.